The third-order valence-electron chi connectivity index (χ3n) is 3.70. The summed E-state index contributed by atoms with van der Waals surface area (Å²) in [6.45, 7) is 15.2. The van der Waals surface area contributed by atoms with Gasteiger partial charge in [-0.25, -0.2) is 0 Å². The molecular weight excluding hydrogens is 198 g/mol. The molecule has 0 aliphatic carbocycles. The molecule has 1 rings (SSSR count). The summed E-state index contributed by atoms with van der Waals surface area (Å²) in [7, 11) is 0. The molecule has 1 atom stereocenters. The van der Waals surface area contributed by atoms with Crippen LogP contribution in [0.4, 0.5) is 0 Å². The van der Waals surface area contributed by atoms with E-state index in [-0.39, 0.29) is 0 Å². The lowest BCUT2D eigenvalue weighted by Gasteiger charge is -2.25. The van der Waals surface area contributed by atoms with Crippen LogP contribution in [0.25, 0.3) is 0 Å². The minimum absolute atomic E-state index is 0.708. The second-order valence-corrected chi connectivity index (χ2v) is 4.82. The van der Waals surface area contributed by atoms with Crippen molar-refractivity contribution in [2.75, 3.05) is 45.8 Å². The van der Waals surface area contributed by atoms with Crippen molar-refractivity contribution in [3.63, 3.8) is 0 Å². The van der Waals surface area contributed by atoms with Crippen molar-refractivity contribution in [2.45, 2.75) is 39.7 Å². The van der Waals surface area contributed by atoms with Crippen molar-refractivity contribution in [3.05, 3.63) is 0 Å². The molecule has 16 heavy (non-hydrogen) atoms. The summed E-state index contributed by atoms with van der Waals surface area (Å²) in [5.74, 6) is 0. The molecule has 0 aromatic carbocycles. The normalized spacial score (nSPS) is 19.5. The molecule has 3 heteroatoms. The third kappa shape index (κ3) is 4.81. The van der Waals surface area contributed by atoms with Gasteiger partial charge in [0.2, 0.25) is 0 Å². The summed E-state index contributed by atoms with van der Waals surface area (Å²) in [6, 6.07) is 0.708. The first kappa shape index (κ1) is 13.9. The molecular formula is C13H29N3. The molecule has 1 heterocycles. The van der Waals surface area contributed by atoms with Gasteiger partial charge in [0.1, 0.15) is 0 Å². The van der Waals surface area contributed by atoms with Gasteiger partial charge < -0.3 is 10.2 Å². The molecule has 0 saturated carbocycles. The van der Waals surface area contributed by atoms with Gasteiger partial charge in [0.25, 0.3) is 0 Å². The molecule has 0 aromatic heterocycles. The van der Waals surface area contributed by atoms with Gasteiger partial charge in [0.15, 0.2) is 0 Å². The molecule has 96 valence electrons. The molecule has 0 radical (unpaired) electrons. The number of likely N-dealkylation sites (N-methyl/N-ethyl adjacent to an activating group) is 1. The van der Waals surface area contributed by atoms with Crippen LogP contribution in [-0.2, 0) is 0 Å². The van der Waals surface area contributed by atoms with Crippen LogP contribution in [0, 0.1) is 0 Å². The highest BCUT2D eigenvalue weighted by Gasteiger charge is 2.17. The summed E-state index contributed by atoms with van der Waals surface area (Å²) in [5.41, 5.74) is 0. The van der Waals surface area contributed by atoms with Crippen LogP contribution in [0.5, 0.6) is 0 Å². The highest BCUT2D eigenvalue weighted by Crippen LogP contribution is 2.10. The topological polar surface area (TPSA) is 18.5 Å². The van der Waals surface area contributed by atoms with E-state index in [9.17, 15) is 0 Å². The summed E-state index contributed by atoms with van der Waals surface area (Å²) in [5, 5.41) is 3.58. The van der Waals surface area contributed by atoms with Gasteiger partial charge in [-0.05, 0) is 45.9 Å². The first-order valence-corrected chi connectivity index (χ1v) is 6.95. The van der Waals surface area contributed by atoms with Crippen molar-refractivity contribution in [2.24, 2.45) is 0 Å². The number of nitrogens with one attached hydrogen (secondary N) is 1. The van der Waals surface area contributed by atoms with Gasteiger partial charge in [0.05, 0.1) is 0 Å². The Morgan fingerprint density at radius 1 is 1.19 bits per heavy atom. The Labute approximate surface area is 101 Å². The van der Waals surface area contributed by atoms with Crippen LogP contribution in [0.15, 0.2) is 0 Å². The highest BCUT2D eigenvalue weighted by molar-refractivity contribution is 4.74. The lowest BCUT2D eigenvalue weighted by Crippen LogP contribution is -2.41. The summed E-state index contributed by atoms with van der Waals surface area (Å²) in [4.78, 5) is 5.07. The molecule has 1 aliphatic rings. The minimum atomic E-state index is 0.708. The van der Waals surface area contributed by atoms with Gasteiger partial charge in [-0.2, -0.15) is 0 Å². The number of hydrogen-bond donors (Lipinski definition) is 1. The van der Waals surface area contributed by atoms with E-state index >= 15 is 0 Å². The monoisotopic (exact) mass is 227 g/mol. The summed E-state index contributed by atoms with van der Waals surface area (Å²) in [6.07, 6.45) is 2.79. The van der Waals surface area contributed by atoms with Crippen LogP contribution in [-0.4, -0.2) is 61.7 Å². The number of rotatable bonds is 8. The van der Waals surface area contributed by atoms with E-state index in [1.165, 1.54) is 45.6 Å². The second-order valence-electron chi connectivity index (χ2n) is 4.82. The molecule has 1 fully saturated rings. The second kappa shape index (κ2) is 8.04. The van der Waals surface area contributed by atoms with E-state index in [2.05, 4.69) is 35.9 Å². The van der Waals surface area contributed by atoms with E-state index in [4.69, 9.17) is 0 Å². The standard InChI is InChI=1S/C13H29N3/c1-4-15(5-2)11-8-14-12-13(3)16-9-6-7-10-16/h13-14H,4-12H2,1-3H3. The molecule has 1 aliphatic heterocycles. The zero-order chi connectivity index (χ0) is 11.8. The molecule has 0 spiro atoms. The van der Waals surface area contributed by atoms with Crippen LogP contribution >= 0.6 is 0 Å². The first-order valence-electron chi connectivity index (χ1n) is 6.95. The van der Waals surface area contributed by atoms with Crippen molar-refractivity contribution in [3.8, 4) is 0 Å². The third-order valence-corrected chi connectivity index (χ3v) is 3.70. The Kier molecular flexibility index (Phi) is 7.01. The summed E-state index contributed by atoms with van der Waals surface area (Å²) >= 11 is 0. The lowest BCUT2D eigenvalue weighted by atomic mass is 10.3. The SMILES string of the molecule is CCN(CC)CCNCC(C)N1CCCC1. The Balaban J connectivity index is 2.01. The first-order chi connectivity index (χ1) is 7.77. The minimum Gasteiger partial charge on any atom is -0.314 e. The lowest BCUT2D eigenvalue weighted by molar-refractivity contribution is 0.245. The number of hydrogen-bond acceptors (Lipinski definition) is 3. The van der Waals surface area contributed by atoms with E-state index in [0.29, 0.717) is 6.04 Å². The van der Waals surface area contributed by atoms with Crippen molar-refractivity contribution >= 4 is 0 Å². The average molecular weight is 227 g/mol. The summed E-state index contributed by atoms with van der Waals surface area (Å²) < 4.78 is 0. The smallest absolute Gasteiger partial charge is 0.0192 e. The van der Waals surface area contributed by atoms with Crippen molar-refractivity contribution in [1.82, 2.24) is 15.1 Å². The van der Waals surface area contributed by atoms with Crippen LogP contribution in [0.2, 0.25) is 0 Å². The van der Waals surface area contributed by atoms with Crippen LogP contribution < -0.4 is 5.32 Å². The van der Waals surface area contributed by atoms with Crippen LogP contribution in [0.3, 0.4) is 0 Å². The van der Waals surface area contributed by atoms with Gasteiger partial charge in [-0.3, -0.25) is 4.90 Å². The Bertz CT molecular complexity index is 163. The Hall–Kier alpha value is -0.120. The van der Waals surface area contributed by atoms with E-state index in [1.807, 2.05) is 0 Å². The van der Waals surface area contributed by atoms with Gasteiger partial charge >= 0.3 is 0 Å². The molecule has 1 unspecified atom stereocenters. The number of nitrogens with zero attached hydrogens (tertiary/aromatic N) is 2. The largest absolute Gasteiger partial charge is 0.314 e. The number of likely N-dealkylation sites (tertiary alicyclic amines) is 1. The van der Waals surface area contributed by atoms with E-state index in [0.717, 1.165) is 13.1 Å². The van der Waals surface area contributed by atoms with E-state index in [1.54, 1.807) is 0 Å². The fourth-order valence-electron chi connectivity index (χ4n) is 2.40. The van der Waals surface area contributed by atoms with Crippen molar-refractivity contribution in [1.29, 1.82) is 0 Å². The fraction of sp³-hybridized carbons (Fsp3) is 1.00. The van der Waals surface area contributed by atoms with E-state index < -0.39 is 0 Å². The van der Waals surface area contributed by atoms with Crippen molar-refractivity contribution < 1.29 is 0 Å². The maximum absolute atomic E-state index is 3.58. The van der Waals surface area contributed by atoms with Gasteiger partial charge in [-0.1, -0.05) is 13.8 Å². The Morgan fingerprint density at radius 2 is 1.81 bits per heavy atom. The molecule has 0 aromatic rings. The fourth-order valence-corrected chi connectivity index (χ4v) is 2.40. The molecule has 3 nitrogen and oxygen atoms in total. The van der Waals surface area contributed by atoms with Crippen LogP contribution in [0.1, 0.15) is 33.6 Å². The molecule has 0 bridgehead atoms. The maximum atomic E-state index is 3.58. The van der Waals surface area contributed by atoms with Gasteiger partial charge in [0, 0.05) is 25.7 Å². The predicted octanol–water partition coefficient (Wildman–Crippen LogP) is 1.40. The van der Waals surface area contributed by atoms with Gasteiger partial charge in [-0.15, -0.1) is 0 Å². The molecule has 0 amide bonds. The quantitative estimate of drug-likeness (QED) is 0.632. The molecule has 1 N–H and O–H groups in total. The predicted molar refractivity (Wildman–Crippen MR) is 70.9 cm³/mol. The zero-order valence-corrected chi connectivity index (χ0v) is 11.3. The average Bonchev–Trinajstić information content (AvgIpc) is 2.82. The zero-order valence-electron chi connectivity index (χ0n) is 11.3. The maximum Gasteiger partial charge on any atom is 0.0192 e. The Morgan fingerprint density at radius 3 is 2.38 bits per heavy atom. The molecule has 1 saturated heterocycles. The highest BCUT2D eigenvalue weighted by atomic mass is 15.2.